The summed E-state index contributed by atoms with van der Waals surface area (Å²) in [4.78, 5) is 2.30. The highest BCUT2D eigenvalue weighted by Crippen LogP contribution is 2.38. The summed E-state index contributed by atoms with van der Waals surface area (Å²) in [6.45, 7) is 12.4. The molecule has 0 bridgehead atoms. The Bertz CT molecular complexity index is 748. The predicted molar refractivity (Wildman–Crippen MR) is 110 cm³/mol. The molecule has 1 aliphatic rings. The van der Waals surface area contributed by atoms with E-state index in [2.05, 4.69) is 18.4 Å². The van der Waals surface area contributed by atoms with Gasteiger partial charge in [-0.1, -0.05) is 51.6 Å². The van der Waals surface area contributed by atoms with Gasteiger partial charge in [0.2, 0.25) is 0 Å². The lowest BCUT2D eigenvalue weighted by atomic mass is 9.86. The third-order valence-electron chi connectivity index (χ3n) is 5.11. The van der Waals surface area contributed by atoms with Crippen LogP contribution < -0.4 is 0 Å². The lowest BCUT2D eigenvalue weighted by molar-refractivity contribution is 0.0427. The molecule has 2 aromatic rings. The maximum Gasteiger partial charge on any atom is 0.298 e. The third-order valence-corrected chi connectivity index (χ3v) is 5.11. The smallest absolute Gasteiger partial charge is 0.298 e. The van der Waals surface area contributed by atoms with Crippen molar-refractivity contribution in [1.29, 1.82) is 0 Å². The van der Waals surface area contributed by atoms with Gasteiger partial charge >= 0.3 is 0 Å². The molecule has 2 aromatic carbocycles. The molecule has 0 aliphatic carbocycles. The number of nitrogens with zero attached hydrogens (tertiary/aromatic N) is 1. The monoisotopic (exact) mass is 389 g/mol. The highest BCUT2D eigenvalue weighted by molar-refractivity contribution is 5.37. The van der Waals surface area contributed by atoms with Gasteiger partial charge in [-0.2, -0.15) is 8.78 Å². The number of allylic oxidation sites excluding steroid dienone is 1. The molecule has 0 spiro atoms. The number of hydrogen-bond donors (Lipinski definition) is 0. The average molecular weight is 390 g/mol. The molecule has 1 fully saturated rings. The fourth-order valence-corrected chi connectivity index (χ4v) is 3.65. The Morgan fingerprint density at radius 2 is 1.54 bits per heavy atom. The molecular formula is C24H30F3N. The molecule has 0 saturated carbocycles. The van der Waals surface area contributed by atoms with E-state index >= 15 is 0 Å². The summed E-state index contributed by atoms with van der Waals surface area (Å²) in [5.41, 5.74) is 1.81. The van der Waals surface area contributed by atoms with Crippen molar-refractivity contribution < 1.29 is 13.2 Å². The van der Waals surface area contributed by atoms with Crippen LogP contribution in [0.3, 0.4) is 0 Å². The van der Waals surface area contributed by atoms with E-state index in [1.54, 1.807) is 12.1 Å². The quantitative estimate of drug-likeness (QED) is 0.527. The summed E-state index contributed by atoms with van der Waals surface area (Å²) in [7, 11) is 0. The van der Waals surface area contributed by atoms with Gasteiger partial charge in [-0.05, 0) is 49.1 Å². The predicted octanol–water partition coefficient (Wildman–Crippen LogP) is 7.10. The van der Waals surface area contributed by atoms with Crippen LogP contribution in [0.25, 0.3) is 0 Å². The molecule has 1 heterocycles. The second kappa shape index (κ2) is 9.81. The number of likely N-dealkylation sites (tertiary alicyclic amines) is 1. The van der Waals surface area contributed by atoms with Crippen LogP contribution in [-0.4, -0.2) is 18.0 Å². The Kier molecular flexibility index (Phi) is 7.73. The van der Waals surface area contributed by atoms with Gasteiger partial charge in [-0.3, -0.25) is 0 Å². The number of rotatable bonds is 5. The summed E-state index contributed by atoms with van der Waals surface area (Å²) in [5.74, 6) is -3.49. The zero-order chi connectivity index (χ0) is 20.7. The zero-order valence-electron chi connectivity index (χ0n) is 17.0. The van der Waals surface area contributed by atoms with Gasteiger partial charge < -0.3 is 4.90 Å². The van der Waals surface area contributed by atoms with Gasteiger partial charge in [0.1, 0.15) is 5.82 Å². The van der Waals surface area contributed by atoms with Gasteiger partial charge in [0.25, 0.3) is 5.92 Å². The van der Waals surface area contributed by atoms with E-state index in [-0.39, 0.29) is 17.0 Å². The van der Waals surface area contributed by atoms with Gasteiger partial charge in [0.15, 0.2) is 0 Å². The molecular weight excluding hydrogens is 359 g/mol. The van der Waals surface area contributed by atoms with Gasteiger partial charge in [0.05, 0.1) is 0 Å². The van der Waals surface area contributed by atoms with E-state index in [4.69, 9.17) is 0 Å². The SMILES string of the molecule is C=C1C(c2ccc(C(F)(F)c3ccc(F)cc3)cc2)CCCN1CCC.CC. The summed E-state index contributed by atoms with van der Waals surface area (Å²) >= 11 is 0. The minimum absolute atomic E-state index is 0.0836. The maximum absolute atomic E-state index is 14.7. The molecule has 152 valence electrons. The van der Waals surface area contributed by atoms with Crippen LogP contribution in [0.4, 0.5) is 13.2 Å². The van der Waals surface area contributed by atoms with E-state index in [1.807, 2.05) is 13.8 Å². The van der Waals surface area contributed by atoms with Gasteiger partial charge in [0, 0.05) is 35.8 Å². The molecule has 0 N–H and O–H groups in total. The van der Waals surface area contributed by atoms with E-state index in [0.29, 0.717) is 0 Å². The fourth-order valence-electron chi connectivity index (χ4n) is 3.65. The van der Waals surface area contributed by atoms with Crippen molar-refractivity contribution >= 4 is 0 Å². The van der Waals surface area contributed by atoms with E-state index < -0.39 is 11.7 Å². The zero-order valence-corrected chi connectivity index (χ0v) is 17.0. The first-order valence-corrected chi connectivity index (χ1v) is 10.1. The largest absolute Gasteiger partial charge is 0.375 e. The average Bonchev–Trinajstić information content (AvgIpc) is 2.72. The molecule has 0 aromatic heterocycles. The maximum atomic E-state index is 14.7. The first-order valence-electron chi connectivity index (χ1n) is 10.1. The van der Waals surface area contributed by atoms with E-state index in [9.17, 15) is 13.2 Å². The van der Waals surface area contributed by atoms with Crippen LogP contribution >= 0.6 is 0 Å². The Balaban J connectivity index is 0.00000136. The molecule has 3 rings (SSSR count). The lowest BCUT2D eigenvalue weighted by Crippen LogP contribution is -2.32. The van der Waals surface area contributed by atoms with Crippen molar-refractivity contribution in [2.75, 3.05) is 13.1 Å². The Morgan fingerprint density at radius 3 is 2.07 bits per heavy atom. The molecule has 1 atom stereocenters. The van der Waals surface area contributed by atoms with E-state index in [0.717, 1.165) is 67.9 Å². The van der Waals surface area contributed by atoms with Crippen molar-refractivity contribution in [3.63, 3.8) is 0 Å². The Labute approximate surface area is 166 Å². The standard InChI is InChI=1S/C22H24F3N.C2H6/c1-3-14-26-15-4-5-21(16(26)2)17-6-8-18(9-7-17)22(24,25)19-10-12-20(23)13-11-19;1-2/h6-13,21H,2-5,14-15H2,1H3;1-2H3. The molecule has 1 aliphatic heterocycles. The minimum Gasteiger partial charge on any atom is -0.375 e. The van der Waals surface area contributed by atoms with Crippen LogP contribution in [0.5, 0.6) is 0 Å². The molecule has 1 saturated heterocycles. The second-order valence-corrected chi connectivity index (χ2v) is 6.88. The van der Waals surface area contributed by atoms with Crippen LogP contribution in [0.15, 0.2) is 60.8 Å². The normalized spacial score (nSPS) is 17.1. The Morgan fingerprint density at radius 1 is 1.00 bits per heavy atom. The van der Waals surface area contributed by atoms with Crippen molar-refractivity contribution in [2.24, 2.45) is 0 Å². The molecule has 28 heavy (non-hydrogen) atoms. The molecule has 1 nitrogen and oxygen atoms in total. The molecule has 0 radical (unpaired) electrons. The van der Waals surface area contributed by atoms with Crippen LogP contribution in [0.1, 0.15) is 62.6 Å². The van der Waals surface area contributed by atoms with Crippen molar-refractivity contribution in [3.8, 4) is 0 Å². The summed E-state index contributed by atoms with van der Waals surface area (Å²) < 4.78 is 42.4. The number of alkyl halides is 2. The third kappa shape index (κ3) is 4.78. The number of halogens is 3. The first kappa shape index (κ1) is 22.1. The van der Waals surface area contributed by atoms with Crippen molar-refractivity contribution in [1.82, 2.24) is 4.90 Å². The molecule has 4 heteroatoms. The highest BCUT2D eigenvalue weighted by atomic mass is 19.3. The van der Waals surface area contributed by atoms with E-state index in [1.165, 1.54) is 12.1 Å². The lowest BCUT2D eigenvalue weighted by Gasteiger charge is -2.37. The van der Waals surface area contributed by atoms with Crippen molar-refractivity contribution in [3.05, 3.63) is 83.3 Å². The van der Waals surface area contributed by atoms with Gasteiger partial charge in [-0.25, -0.2) is 4.39 Å². The minimum atomic E-state index is -3.15. The van der Waals surface area contributed by atoms with Crippen molar-refractivity contribution in [2.45, 2.75) is 51.9 Å². The Hall–Kier alpha value is -2.23. The molecule has 1 unspecified atom stereocenters. The first-order chi connectivity index (χ1) is 13.4. The molecule has 0 amide bonds. The van der Waals surface area contributed by atoms with Crippen LogP contribution in [0, 0.1) is 5.82 Å². The number of benzene rings is 2. The number of hydrogen-bond acceptors (Lipinski definition) is 1. The summed E-state index contributed by atoms with van der Waals surface area (Å²) in [6, 6.07) is 10.9. The van der Waals surface area contributed by atoms with Crippen LogP contribution in [0.2, 0.25) is 0 Å². The number of piperidine rings is 1. The topological polar surface area (TPSA) is 3.24 Å². The van der Waals surface area contributed by atoms with Gasteiger partial charge in [-0.15, -0.1) is 0 Å². The summed E-state index contributed by atoms with van der Waals surface area (Å²) in [6.07, 6.45) is 3.14. The van der Waals surface area contributed by atoms with Crippen LogP contribution in [-0.2, 0) is 5.92 Å². The highest BCUT2D eigenvalue weighted by Gasteiger charge is 2.34. The second-order valence-electron chi connectivity index (χ2n) is 6.88. The fraction of sp³-hybridized carbons (Fsp3) is 0.417. The summed E-state index contributed by atoms with van der Waals surface area (Å²) in [5, 5.41) is 0.